The summed E-state index contributed by atoms with van der Waals surface area (Å²) in [6.07, 6.45) is 3.71. The van der Waals surface area contributed by atoms with Gasteiger partial charge in [0.25, 0.3) is 5.91 Å². The van der Waals surface area contributed by atoms with Crippen molar-refractivity contribution in [2.75, 3.05) is 26.2 Å². The van der Waals surface area contributed by atoms with Crippen molar-refractivity contribution in [2.24, 2.45) is 0 Å². The van der Waals surface area contributed by atoms with Gasteiger partial charge in [-0.25, -0.2) is 0 Å². The van der Waals surface area contributed by atoms with Crippen LogP contribution in [-0.4, -0.2) is 59.7 Å². The molecule has 1 N–H and O–H groups in total. The molecule has 0 unspecified atom stereocenters. The second kappa shape index (κ2) is 8.93. The summed E-state index contributed by atoms with van der Waals surface area (Å²) in [5.41, 5.74) is 0.299. The number of nitrogens with one attached hydrogen (secondary N) is 1. The molecule has 3 rings (SSSR count). The summed E-state index contributed by atoms with van der Waals surface area (Å²) in [6.45, 7) is 2.38. The van der Waals surface area contributed by atoms with Gasteiger partial charge in [0.05, 0.1) is 10.6 Å². The highest BCUT2D eigenvalue weighted by Gasteiger charge is 2.35. The number of benzene rings is 1. The highest BCUT2D eigenvalue weighted by Crippen LogP contribution is 2.26. The Morgan fingerprint density at radius 3 is 2.56 bits per heavy atom. The molecule has 1 aromatic rings. The summed E-state index contributed by atoms with van der Waals surface area (Å²) < 4.78 is 0. The Bertz CT molecular complexity index is 735. The average molecular weight is 412 g/mol. The van der Waals surface area contributed by atoms with Gasteiger partial charge in [-0.15, -0.1) is 0 Å². The molecular weight excluding hydrogens is 389 g/mol. The first-order chi connectivity index (χ1) is 13.0. The average Bonchev–Trinajstić information content (AvgIpc) is 3.34. The lowest BCUT2D eigenvalue weighted by molar-refractivity contribution is -0.130. The molecule has 27 heavy (non-hydrogen) atoms. The van der Waals surface area contributed by atoms with Gasteiger partial charge in [0.1, 0.15) is 6.04 Å². The molecule has 146 valence electrons. The maximum Gasteiger partial charge on any atom is 0.256 e. The van der Waals surface area contributed by atoms with E-state index in [1.165, 1.54) is 11.0 Å². The third-order valence-electron chi connectivity index (χ3n) is 5.07. The molecule has 0 saturated carbocycles. The van der Waals surface area contributed by atoms with Crippen molar-refractivity contribution in [3.05, 3.63) is 33.8 Å². The minimum absolute atomic E-state index is 0.0675. The van der Waals surface area contributed by atoms with Crippen molar-refractivity contribution in [1.82, 2.24) is 15.1 Å². The fourth-order valence-corrected chi connectivity index (χ4v) is 4.00. The molecule has 6 nitrogen and oxygen atoms in total. The first-order valence-electron chi connectivity index (χ1n) is 9.29. The second-order valence-electron chi connectivity index (χ2n) is 6.91. The van der Waals surface area contributed by atoms with Crippen LogP contribution in [0, 0.1) is 0 Å². The first-order valence-corrected chi connectivity index (χ1v) is 10.0. The van der Waals surface area contributed by atoms with Gasteiger partial charge in [0, 0.05) is 37.6 Å². The fourth-order valence-electron chi connectivity index (χ4n) is 3.63. The van der Waals surface area contributed by atoms with Crippen LogP contribution in [0.4, 0.5) is 0 Å². The van der Waals surface area contributed by atoms with Crippen molar-refractivity contribution in [3.63, 3.8) is 0 Å². The number of hydrogen-bond donors (Lipinski definition) is 1. The molecule has 1 aromatic carbocycles. The number of halogens is 2. The van der Waals surface area contributed by atoms with E-state index in [0.717, 1.165) is 32.4 Å². The summed E-state index contributed by atoms with van der Waals surface area (Å²) in [6, 6.07) is 4.17. The molecule has 0 radical (unpaired) electrons. The van der Waals surface area contributed by atoms with E-state index in [9.17, 15) is 14.4 Å². The van der Waals surface area contributed by atoms with E-state index in [0.29, 0.717) is 28.6 Å². The molecule has 1 atom stereocenters. The zero-order valence-corrected chi connectivity index (χ0v) is 16.6. The zero-order chi connectivity index (χ0) is 19.4. The monoisotopic (exact) mass is 411 g/mol. The molecule has 2 aliphatic rings. The summed E-state index contributed by atoms with van der Waals surface area (Å²) in [4.78, 5) is 40.8. The second-order valence-corrected chi connectivity index (χ2v) is 7.75. The van der Waals surface area contributed by atoms with E-state index >= 15 is 0 Å². The highest BCUT2D eigenvalue weighted by atomic mass is 35.5. The van der Waals surface area contributed by atoms with E-state index in [4.69, 9.17) is 23.2 Å². The topological polar surface area (TPSA) is 69.7 Å². The van der Waals surface area contributed by atoms with Crippen LogP contribution < -0.4 is 5.32 Å². The van der Waals surface area contributed by atoms with Crippen LogP contribution in [0.15, 0.2) is 18.2 Å². The number of likely N-dealkylation sites (tertiary alicyclic amines) is 2. The molecule has 0 spiro atoms. The van der Waals surface area contributed by atoms with Crippen molar-refractivity contribution in [3.8, 4) is 0 Å². The lowest BCUT2D eigenvalue weighted by Crippen LogP contribution is -2.46. The van der Waals surface area contributed by atoms with Gasteiger partial charge in [0.15, 0.2) is 0 Å². The number of amides is 3. The van der Waals surface area contributed by atoms with Crippen molar-refractivity contribution in [2.45, 2.75) is 38.1 Å². The molecular formula is C19H23Cl2N3O3. The van der Waals surface area contributed by atoms with E-state index in [2.05, 4.69) is 5.32 Å². The molecule has 8 heteroatoms. The minimum Gasteiger partial charge on any atom is -0.354 e. The van der Waals surface area contributed by atoms with Gasteiger partial charge in [-0.1, -0.05) is 23.2 Å². The Morgan fingerprint density at radius 2 is 1.81 bits per heavy atom. The van der Waals surface area contributed by atoms with Gasteiger partial charge >= 0.3 is 0 Å². The van der Waals surface area contributed by atoms with Crippen LogP contribution >= 0.6 is 23.2 Å². The molecule has 2 heterocycles. The smallest absolute Gasteiger partial charge is 0.256 e. The Labute approximate surface area is 168 Å². The van der Waals surface area contributed by atoms with Gasteiger partial charge in [-0.05, 0) is 43.9 Å². The summed E-state index contributed by atoms with van der Waals surface area (Å²) in [7, 11) is 0. The molecule has 0 aromatic heterocycles. The van der Waals surface area contributed by atoms with E-state index in [1.54, 1.807) is 12.1 Å². The number of nitrogens with zero attached hydrogens (tertiary/aromatic N) is 2. The van der Waals surface area contributed by atoms with Crippen molar-refractivity contribution >= 4 is 40.9 Å². The van der Waals surface area contributed by atoms with Crippen LogP contribution in [0.25, 0.3) is 0 Å². The predicted octanol–water partition coefficient (Wildman–Crippen LogP) is 2.73. The summed E-state index contributed by atoms with van der Waals surface area (Å²) in [5.74, 6) is -0.459. The highest BCUT2D eigenvalue weighted by molar-refractivity contribution is 6.35. The lowest BCUT2D eigenvalue weighted by atomic mass is 10.1. The fraction of sp³-hybridized carbons (Fsp3) is 0.526. The number of carbonyl (C=O) groups is 3. The van der Waals surface area contributed by atoms with Crippen LogP contribution in [0.1, 0.15) is 42.5 Å². The minimum atomic E-state index is -0.547. The number of carbonyl (C=O) groups excluding carboxylic acids is 3. The van der Waals surface area contributed by atoms with E-state index in [1.807, 2.05) is 4.90 Å². The van der Waals surface area contributed by atoms with Crippen LogP contribution in [0.5, 0.6) is 0 Å². The molecule has 0 aliphatic carbocycles. The molecule has 2 fully saturated rings. The summed E-state index contributed by atoms with van der Waals surface area (Å²) >= 11 is 12.1. The largest absolute Gasteiger partial charge is 0.354 e. The van der Waals surface area contributed by atoms with Gasteiger partial charge in [-0.2, -0.15) is 0 Å². The van der Waals surface area contributed by atoms with E-state index in [-0.39, 0.29) is 30.7 Å². The Kier molecular flexibility index (Phi) is 6.60. The van der Waals surface area contributed by atoms with Crippen molar-refractivity contribution in [1.29, 1.82) is 0 Å². The zero-order valence-electron chi connectivity index (χ0n) is 15.0. The lowest BCUT2D eigenvalue weighted by Gasteiger charge is -2.24. The van der Waals surface area contributed by atoms with Crippen LogP contribution in [0.2, 0.25) is 10.0 Å². The van der Waals surface area contributed by atoms with Gasteiger partial charge in [-0.3, -0.25) is 14.4 Å². The standard InChI is InChI=1S/C19H23Cl2N3O3/c20-13-5-6-15(21)14(12-13)19(27)24-11-3-4-16(24)18(26)22-8-7-17(25)23-9-1-2-10-23/h5-6,12,16H,1-4,7-11H2,(H,22,26)/t16-/m1/s1. The van der Waals surface area contributed by atoms with Crippen LogP contribution in [0.3, 0.4) is 0 Å². The predicted molar refractivity (Wildman–Crippen MR) is 104 cm³/mol. The Balaban J connectivity index is 1.56. The normalized spacial score (nSPS) is 19.4. The number of rotatable bonds is 5. The Hall–Kier alpha value is -1.79. The summed E-state index contributed by atoms with van der Waals surface area (Å²) in [5, 5.41) is 3.53. The molecule has 2 saturated heterocycles. The molecule has 2 aliphatic heterocycles. The SMILES string of the molecule is O=C(NCCC(=O)N1CCCC1)[C@H]1CCCN1C(=O)c1cc(Cl)ccc1Cl. The van der Waals surface area contributed by atoms with Crippen LogP contribution in [-0.2, 0) is 9.59 Å². The van der Waals surface area contributed by atoms with E-state index < -0.39 is 6.04 Å². The Morgan fingerprint density at radius 1 is 1.07 bits per heavy atom. The molecule has 3 amide bonds. The van der Waals surface area contributed by atoms with Crippen molar-refractivity contribution < 1.29 is 14.4 Å². The third-order valence-corrected chi connectivity index (χ3v) is 5.64. The quantitative estimate of drug-likeness (QED) is 0.809. The molecule has 0 bridgehead atoms. The van der Waals surface area contributed by atoms with Gasteiger partial charge < -0.3 is 15.1 Å². The first kappa shape index (κ1) is 20.0. The maximum absolute atomic E-state index is 12.8. The van der Waals surface area contributed by atoms with Gasteiger partial charge in [0.2, 0.25) is 11.8 Å². The third kappa shape index (κ3) is 4.74. The maximum atomic E-state index is 12.8. The number of hydrogen-bond acceptors (Lipinski definition) is 3.